The van der Waals surface area contributed by atoms with E-state index in [4.69, 9.17) is 24.5 Å². The fraction of sp³-hybridized carbons (Fsp3) is 0.571. The Hall–Kier alpha value is -2.00. The Balaban J connectivity index is 0.000000379. The van der Waals surface area contributed by atoms with Crippen LogP contribution in [0.15, 0.2) is 6.08 Å². The Labute approximate surface area is 138 Å². The van der Waals surface area contributed by atoms with Crippen LogP contribution in [-0.4, -0.2) is 62.5 Å². The first-order valence-electron chi connectivity index (χ1n) is 7.25. The first kappa shape index (κ1) is 19.0. The largest absolute Gasteiger partial charge is 0.475 e. The molecule has 9 heteroatoms. The number of ether oxygens (including phenoxy) is 1. The molecule has 0 aliphatic carbocycles. The number of carboxylic acid groups (broad SMARTS) is 2. The minimum absolute atomic E-state index is 0.713. The van der Waals surface area contributed by atoms with Crippen molar-refractivity contribution in [3.63, 3.8) is 0 Å². The van der Waals surface area contributed by atoms with E-state index >= 15 is 0 Å². The third-order valence-corrected chi connectivity index (χ3v) is 3.54. The highest BCUT2D eigenvalue weighted by Crippen LogP contribution is 2.26. The maximum Gasteiger partial charge on any atom is 0.414 e. The zero-order chi connectivity index (χ0) is 17.2. The molecule has 0 radical (unpaired) electrons. The van der Waals surface area contributed by atoms with Gasteiger partial charge in [0.2, 0.25) is 0 Å². The van der Waals surface area contributed by atoms with E-state index in [1.807, 2.05) is 0 Å². The molecule has 0 saturated heterocycles. The molecule has 23 heavy (non-hydrogen) atoms. The third-order valence-electron chi connectivity index (χ3n) is 3.02. The molecule has 0 saturated carbocycles. The van der Waals surface area contributed by atoms with Gasteiger partial charge in [-0.25, -0.2) is 9.59 Å². The van der Waals surface area contributed by atoms with Crippen LogP contribution in [0, 0.1) is 0 Å². The van der Waals surface area contributed by atoms with Gasteiger partial charge < -0.3 is 19.8 Å². The smallest absolute Gasteiger partial charge is 0.414 e. The highest BCUT2D eigenvalue weighted by molar-refractivity contribution is 6.99. The number of aromatic nitrogens is 2. The lowest BCUT2D eigenvalue weighted by Gasteiger charge is -2.22. The fourth-order valence-corrected chi connectivity index (χ4v) is 2.38. The van der Waals surface area contributed by atoms with Gasteiger partial charge in [-0.3, -0.25) is 0 Å². The molecule has 8 nitrogen and oxygen atoms in total. The Morgan fingerprint density at radius 2 is 2.04 bits per heavy atom. The van der Waals surface area contributed by atoms with Gasteiger partial charge in [0.15, 0.2) is 0 Å². The molecule has 1 aliphatic heterocycles. The Kier molecular flexibility index (Phi) is 8.20. The fourth-order valence-electron chi connectivity index (χ4n) is 1.85. The number of hydrogen-bond acceptors (Lipinski definition) is 7. The van der Waals surface area contributed by atoms with E-state index in [0.29, 0.717) is 5.88 Å². The van der Waals surface area contributed by atoms with Crippen molar-refractivity contribution in [3.05, 3.63) is 11.8 Å². The molecule has 1 aromatic rings. The van der Waals surface area contributed by atoms with Crippen LogP contribution in [0.4, 0.5) is 0 Å². The monoisotopic (exact) mass is 343 g/mol. The van der Waals surface area contributed by atoms with Gasteiger partial charge in [0.1, 0.15) is 5.69 Å². The normalized spacial score (nSPS) is 14.4. The number of rotatable bonds is 5. The van der Waals surface area contributed by atoms with Crippen LogP contribution in [0.3, 0.4) is 0 Å². The van der Waals surface area contributed by atoms with E-state index in [1.165, 1.54) is 17.3 Å². The van der Waals surface area contributed by atoms with Crippen molar-refractivity contribution in [1.82, 2.24) is 13.6 Å². The van der Waals surface area contributed by atoms with Crippen molar-refractivity contribution in [2.75, 3.05) is 26.7 Å². The molecule has 2 heterocycles. The summed E-state index contributed by atoms with van der Waals surface area (Å²) in [4.78, 5) is 20.5. The van der Waals surface area contributed by atoms with Crippen LogP contribution in [0.25, 0.3) is 5.57 Å². The summed E-state index contributed by atoms with van der Waals surface area (Å²) in [6.45, 7) is 4.95. The third kappa shape index (κ3) is 6.74. The number of hydrogen-bond donors (Lipinski definition) is 2. The van der Waals surface area contributed by atoms with Gasteiger partial charge in [0.05, 0.1) is 18.3 Å². The summed E-state index contributed by atoms with van der Waals surface area (Å²) in [5, 5.41) is 14.8. The summed E-state index contributed by atoms with van der Waals surface area (Å²) in [7, 11) is 2.13. The molecule has 0 spiro atoms. The van der Waals surface area contributed by atoms with Gasteiger partial charge in [-0.05, 0) is 25.5 Å². The lowest BCUT2D eigenvalue weighted by Crippen LogP contribution is -2.25. The average Bonchev–Trinajstić information content (AvgIpc) is 2.96. The van der Waals surface area contributed by atoms with Crippen molar-refractivity contribution in [2.45, 2.75) is 26.2 Å². The van der Waals surface area contributed by atoms with Crippen molar-refractivity contribution in [2.24, 2.45) is 0 Å². The number of carboxylic acids is 2. The average molecular weight is 343 g/mol. The molecule has 2 N–H and O–H groups in total. The molecular formula is C14H21N3O5S. The second-order valence-electron chi connectivity index (χ2n) is 4.99. The first-order chi connectivity index (χ1) is 11.0. The maximum absolute atomic E-state index is 9.10. The molecule has 0 fully saturated rings. The van der Waals surface area contributed by atoms with Crippen LogP contribution in [0.5, 0.6) is 5.88 Å². The highest BCUT2D eigenvalue weighted by atomic mass is 32.1. The predicted octanol–water partition coefficient (Wildman–Crippen LogP) is 1.59. The minimum atomic E-state index is -1.82. The highest BCUT2D eigenvalue weighted by Gasteiger charge is 2.18. The van der Waals surface area contributed by atoms with E-state index in [2.05, 4.69) is 33.7 Å². The zero-order valence-electron chi connectivity index (χ0n) is 13.2. The van der Waals surface area contributed by atoms with E-state index < -0.39 is 11.9 Å². The molecule has 0 bridgehead atoms. The number of carbonyl (C=O) groups is 2. The Bertz CT molecular complexity index is 546. The Morgan fingerprint density at radius 1 is 1.35 bits per heavy atom. The number of nitrogens with zero attached hydrogens (tertiary/aromatic N) is 3. The summed E-state index contributed by atoms with van der Waals surface area (Å²) >= 11 is 1.23. The molecule has 128 valence electrons. The van der Waals surface area contributed by atoms with Gasteiger partial charge in [0, 0.05) is 13.1 Å². The molecule has 1 aliphatic rings. The van der Waals surface area contributed by atoms with Gasteiger partial charge in [-0.15, -0.1) is 4.37 Å². The number of likely N-dealkylation sites (N-methyl/N-ethyl adjacent to an activating group) is 1. The summed E-state index contributed by atoms with van der Waals surface area (Å²) < 4.78 is 14.3. The summed E-state index contributed by atoms with van der Waals surface area (Å²) in [6.07, 6.45) is 5.54. The Morgan fingerprint density at radius 3 is 2.61 bits per heavy atom. The summed E-state index contributed by atoms with van der Waals surface area (Å²) in [5.41, 5.74) is 2.19. The van der Waals surface area contributed by atoms with Crippen LogP contribution in [0.1, 0.15) is 31.9 Å². The van der Waals surface area contributed by atoms with Crippen LogP contribution < -0.4 is 4.74 Å². The molecule has 0 unspecified atom stereocenters. The molecule has 2 rings (SSSR count). The van der Waals surface area contributed by atoms with Gasteiger partial charge in [-0.2, -0.15) is 4.37 Å². The van der Waals surface area contributed by atoms with E-state index in [0.717, 1.165) is 44.7 Å². The lowest BCUT2D eigenvalue weighted by atomic mass is 10.1. The van der Waals surface area contributed by atoms with Crippen molar-refractivity contribution < 1.29 is 24.5 Å². The SMILES string of the molecule is CCCCOc1nsnc1C1=CCCN(C)C1.O=C(O)C(=O)O. The molecule has 0 amide bonds. The first-order valence-corrected chi connectivity index (χ1v) is 7.98. The van der Waals surface area contributed by atoms with Gasteiger partial charge in [0.25, 0.3) is 5.88 Å². The topological polar surface area (TPSA) is 113 Å². The maximum atomic E-state index is 9.10. The molecule has 0 aromatic carbocycles. The number of unbranched alkanes of at least 4 members (excludes halogenated alkanes) is 1. The molecule has 1 aromatic heterocycles. The summed E-state index contributed by atoms with van der Waals surface area (Å²) in [5.74, 6) is -2.94. The quantitative estimate of drug-likeness (QED) is 0.612. The second kappa shape index (κ2) is 9.90. The zero-order valence-corrected chi connectivity index (χ0v) is 14.0. The van der Waals surface area contributed by atoms with Gasteiger partial charge >= 0.3 is 11.9 Å². The van der Waals surface area contributed by atoms with Crippen molar-refractivity contribution >= 4 is 29.2 Å². The molecule has 0 atom stereocenters. The second-order valence-corrected chi connectivity index (χ2v) is 5.51. The lowest BCUT2D eigenvalue weighted by molar-refractivity contribution is -0.159. The van der Waals surface area contributed by atoms with Gasteiger partial charge in [-0.1, -0.05) is 19.4 Å². The van der Waals surface area contributed by atoms with E-state index in [1.54, 1.807) is 0 Å². The number of aliphatic carboxylic acids is 2. The van der Waals surface area contributed by atoms with Crippen LogP contribution in [-0.2, 0) is 9.59 Å². The predicted molar refractivity (Wildman–Crippen MR) is 85.7 cm³/mol. The van der Waals surface area contributed by atoms with E-state index in [9.17, 15) is 0 Å². The summed E-state index contributed by atoms with van der Waals surface area (Å²) in [6, 6.07) is 0. The molecular weight excluding hydrogens is 322 g/mol. The van der Waals surface area contributed by atoms with Crippen molar-refractivity contribution in [3.8, 4) is 5.88 Å². The van der Waals surface area contributed by atoms with Crippen LogP contribution in [0.2, 0.25) is 0 Å². The van der Waals surface area contributed by atoms with E-state index in [-0.39, 0.29) is 0 Å². The van der Waals surface area contributed by atoms with Crippen molar-refractivity contribution in [1.29, 1.82) is 0 Å². The van der Waals surface area contributed by atoms with Crippen LogP contribution >= 0.6 is 11.7 Å². The minimum Gasteiger partial charge on any atom is -0.475 e. The standard InChI is InChI=1S/C12H19N3OS.C2H2O4/c1-3-4-8-16-12-11(13-17-14-12)10-6-5-7-15(2)9-10;3-1(4)2(5)6/h6H,3-5,7-9H2,1-2H3;(H,3,4)(H,5,6).